The van der Waals surface area contributed by atoms with Gasteiger partial charge in [0, 0.05) is 11.6 Å². The van der Waals surface area contributed by atoms with E-state index in [-0.39, 0.29) is 18.1 Å². The summed E-state index contributed by atoms with van der Waals surface area (Å²) < 4.78 is 63.2. The monoisotopic (exact) mass is 503 g/mol. The van der Waals surface area contributed by atoms with Crippen molar-refractivity contribution in [2.45, 2.75) is 19.2 Å². The first kappa shape index (κ1) is 26.2. The zero-order chi connectivity index (χ0) is 26.3. The van der Waals surface area contributed by atoms with E-state index in [1.54, 1.807) is 30.3 Å². The first-order valence-electron chi connectivity index (χ1n) is 10.5. The number of nitro benzene ring substituents is 1. The number of alkyl halides is 3. The second-order valence-electron chi connectivity index (χ2n) is 7.48. The molecular formula is C25H21F4N3O4. The van der Waals surface area contributed by atoms with Crippen molar-refractivity contribution < 1.29 is 32.0 Å². The maximum atomic E-state index is 13.1. The Labute approximate surface area is 203 Å². The number of nitrogens with one attached hydrogen (secondary N) is 1. The van der Waals surface area contributed by atoms with Crippen LogP contribution in [0, 0.1) is 15.9 Å². The molecule has 0 fully saturated rings. The Morgan fingerprint density at radius 1 is 1.14 bits per heavy atom. The minimum atomic E-state index is -4.72. The highest BCUT2D eigenvalue weighted by atomic mass is 19.4. The van der Waals surface area contributed by atoms with Crippen LogP contribution in [-0.2, 0) is 19.2 Å². The van der Waals surface area contributed by atoms with Gasteiger partial charge in [-0.25, -0.2) is 4.39 Å². The summed E-state index contributed by atoms with van der Waals surface area (Å²) in [6, 6.07) is 11.3. The Morgan fingerprint density at radius 3 is 2.47 bits per heavy atom. The first-order valence-corrected chi connectivity index (χ1v) is 10.5. The van der Waals surface area contributed by atoms with Crippen molar-refractivity contribution in [2.24, 2.45) is 5.10 Å². The lowest BCUT2D eigenvalue weighted by molar-refractivity contribution is -0.384. The lowest BCUT2D eigenvalue weighted by atomic mass is 10.1. The first-order chi connectivity index (χ1) is 17.1. The Bertz CT molecular complexity index is 1280. The number of halogens is 4. The van der Waals surface area contributed by atoms with Gasteiger partial charge in [0.25, 0.3) is 5.69 Å². The summed E-state index contributed by atoms with van der Waals surface area (Å²) in [5, 5.41) is 15.2. The number of benzene rings is 3. The van der Waals surface area contributed by atoms with Crippen LogP contribution in [0.25, 0.3) is 0 Å². The summed E-state index contributed by atoms with van der Waals surface area (Å²) in [7, 11) is 1.45. The predicted octanol–water partition coefficient (Wildman–Crippen LogP) is 6.51. The van der Waals surface area contributed by atoms with Gasteiger partial charge in [-0.15, -0.1) is 6.58 Å². The zero-order valence-electron chi connectivity index (χ0n) is 19.0. The molecule has 0 aliphatic heterocycles. The van der Waals surface area contributed by atoms with E-state index >= 15 is 0 Å². The highest BCUT2D eigenvalue weighted by Gasteiger charge is 2.33. The van der Waals surface area contributed by atoms with Gasteiger partial charge in [0.1, 0.15) is 18.1 Å². The number of hydrogen-bond donors (Lipinski definition) is 1. The van der Waals surface area contributed by atoms with Crippen LogP contribution in [0.4, 0.5) is 28.9 Å². The molecule has 0 aliphatic rings. The fourth-order valence-electron chi connectivity index (χ4n) is 3.25. The molecule has 3 aromatic rings. The van der Waals surface area contributed by atoms with Crippen LogP contribution in [0.15, 0.2) is 72.4 Å². The Balaban J connectivity index is 1.84. The van der Waals surface area contributed by atoms with Gasteiger partial charge >= 0.3 is 6.18 Å². The number of nitrogens with zero attached hydrogens (tertiary/aromatic N) is 2. The number of allylic oxidation sites excluding steroid dienone is 1. The topological polar surface area (TPSA) is 86.0 Å². The molecule has 0 amide bonds. The van der Waals surface area contributed by atoms with E-state index in [1.165, 1.54) is 25.5 Å². The molecule has 0 unspecified atom stereocenters. The largest absolute Gasteiger partial charge is 0.493 e. The van der Waals surface area contributed by atoms with Crippen molar-refractivity contribution in [3.05, 3.63) is 105 Å². The average Bonchev–Trinajstić information content (AvgIpc) is 2.83. The molecule has 0 spiro atoms. The van der Waals surface area contributed by atoms with Gasteiger partial charge in [-0.2, -0.15) is 18.3 Å². The number of hydrazone groups is 1. The molecule has 1 N–H and O–H groups in total. The second kappa shape index (κ2) is 11.3. The number of ether oxygens (including phenoxy) is 2. The normalized spacial score (nSPS) is 11.4. The molecule has 36 heavy (non-hydrogen) atoms. The van der Waals surface area contributed by atoms with E-state index < -0.39 is 22.4 Å². The van der Waals surface area contributed by atoms with E-state index in [9.17, 15) is 27.7 Å². The van der Waals surface area contributed by atoms with Crippen LogP contribution < -0.4 is 14.9 Å². The summed E-state index contributed by atoms with van der Waals surface area (Å²) in [5.74, 6) is 0.464. The van der Waals surface area contributed by atoms with Gasteiger partial charge in [0.2, 0.25) is 0 Å². The van der Waals surface area contributed by atoms with E-state index in [0.717, 1.165) is 17.7 Å². The minimum Gasteiger partial charge on any atom is -0.493 e. The third kappa shape index (κ3) is 6.59. The molecule has 0 radical (unpaired) electrons. The molecule has 0 bridgehead atoms. The van der Waals surface area contributed by atoms with E-state index in [0.29, 0.717) is 35.1 Å². The molecule has 188 valence electrons. The van der Waals surface area contributed by atoms with Gasteiger partial charge in [-0.3, -0.25) is 15.5 Å². The van der Waals surface area contributed by atoms with Gasteiger partial charge in [-0.1, -0.05) is 18.2 Å². The van der Waals surface area contributed by atoms with Crippen LogP contribution >= 0.6 is 0 Å². The van der Waals surface area contributed by atoms with Crippen molar-refractivity contribution >= 4 is 17.6 Å². The van der Waals surface area contributed by atoms with E-state index in [4.69, 9.17) is 9.47 Å². The van der Waals surface area contributed by atoms with Gasteiger partial charge in [-0.05, 0) is 53.9 Å². The summed E-state index contributed by atoms with van der Waals surface area (Å²) in [4.78, 5) is 10.3. The quantitative estimate of drug-likeness (QED) is 0.112. The Kier molecular flexibility index (Phi) is 8.26. The van der Waals surface area contributed by atoms with Crippen molar-refractivity contribution in [3.63, 3.8) is 0 Å². The summed E-state index contributed by atoms with van der Waals surface area (Å²) >= 11 is 0. The summed E-state index contributed by atoms with van der Waals surface area (Å²) in [6.07, 6.45) is -1.32. The minimum absolute atomic E-state index is 0.160. The van der Waals surface area contributed by atoms with Crippen molar-refractivity contribution in [1.82, 2.24) is 0 Å². The summed E-state index contributed by atoms with van der Waals surface area (Å²) in [5.41, 5.74) is 2.28. The standard InChI is InChI=1S/C25H21F4N3O4/c1-3-4-18-11-17(12-23(35-2)24(18)36-15-16-5-8-20(26)9-6-16)14-30-31-21-10-7-19(25(27,28)29)13-22(21)32(33)34/h3,5-14,31H,1,4,15H2,2H3/b30-14-. The predicted molar refractivity (Wildman–Crippen MR) is 127 cm³/mol. The lowest BCUT2D eigenvalue weighted by Crippen LogP contribution is -2.06. The van der Waals surface area contributed by atoms with Crippen LogP contribution in [0.3, 0.4) is 0 Å². The fraction of sp³-hybridized carbons (Fsp3) is 0.160. The third-order valence-corrected chi connectivity index (χ3v) is 4.96. The van der Waals surface area contributed by atoms with Crippen LogP contribution in [0.1, 0.15) is 22.3 Å². The molecule has 0 saturated carbocycles. The number of anilines is 1. The number of nitro groups is 1. The zero-order valence-corrected chi connectivity index (χ0v) is 19.0. The molecule has 3 rings (SSSR count). The molecule has 0 saturated heterocycles. The van der Waals surface area contributed by atoms with Crippen molar-refractivity contribution in [1.29, 1.82) is 0 Å². The van der Waals surface area contributed by atoms with Gasteiger partial charge in [0.15, 0.2) is 11.5 Å². The Morgan fingerprint density at radius 2 is 1.86 bits per heavy atom. The highest BCUT2D eigenvalue weighted by molar-refractivity contribution is 5.82. The van der Waals surface area contributed by atoms with Crippen LogP contribution in [0.5, 0.6) is 11.5 Å². The van der Waals surface area contributed by atoms with E-state index in [1.807, 2.05) is 0 Å². The molecule has 0 aliphatic carbocycles. The maximum Gasteiger partial charge on any atom is 0.416 e. The van der Waals surface area contributed by atoms with Crippen molar-refractivity contribution in [3.8, 4) is 11.5 Å². The molecule has 0 heterocycles. The molecule has 0 atom stereocenters. The maximum absolute atomic E-state index is 13.1. The SMILES string of the molecule is C=CCc1cc(/C=N\Nc2ccc(C(F)(F)F)cc2[N+](=O)[O-])cc(OC)c1OCc1ccc(F)cc1. The molecule has 3 aromatic carbocycles. The second-order valence-corrected chi connectivity index (χ2v) is 7.48. The Hall–Kier alpha value is -4.41. The highest BCUT2D eigenvalue weighted by Crippen LogP contribution is 2.36. The fourth-order valence-corrected chi connectivity index (χ4v) is 3.25. The number of methoxy groups -OCH3 is 1. The van der Waals surface area contributed by atoms with Crippen LogP contribution in [0.2, 0.25) is 0 Å². The van der Waals surface area contributed by atoms with E-state index in [2.05, 4.69) is 17.1 Å². The lowest BCUT2D eigenvalue weighted by Gasteiger charge is -2.16. The molecule has 0 aromatic heterocycles. The van der Waals surface area contributed by atoms with Gasteiger partial charge in [0.05, 0.1) is 23.8 Å². The van der Waals surface area contributed by atoms with Crippen molar-refractivity contribution in [2.75, 3.05) is 12.5 Å². The van der Waals surface area contributed by atoms with Gasteiger partial charge < -0.3 is 9.47 Å². The number of rotatable bonds is 10. The smallest absolute Gasteiger partial charge is 0.416 e. The third-order valence-electron chi connectivity index (χ3n) is 4.96. The van der Waals surface area contributed by atoms with Crippen LogP contribution in [-0.4, -0.2) is 18.2 Å². The number of hydrogen-bond acceptors (Lipinski definition) is 6. The molecule has 11 heteroatoms. The molecule has 7 nitrogen and oxygen atoms in total. The molecular weight excluding hydrogens is 482 g/mol. The summed E-state index contributed by atoms with van der Waals surface area (Å²) in [6.45, 7) is 3.89. The average molecular weight is 503 g/mol.